The summed E-state index contributed by atoms with van der Waals surface area (Å²) in [5.74, 6) is 0.644. The Kier molecular flexibility index (Phi) is 7.23. The van der Waals surface area contributed by atoms with Crippen LogP contribution in [0.2, 0.25) is 0 Å². The van der Waals surface area contributed by atoms with Crippen molar-refractivity contribution in [2.75, 3.05) is 26.3 Å². The number of benzene rings is 1. The molecular weight excluding hydrogens is 400 g/mol. The number of hydrogen-bond donors (Lipinski definition) is 0. The molecule has 0 atom stereocenters. The summed E-state index contributed by atoms with van der Waals surface area (Å²) >= 11 is 0. The lowest BCUT2D eigenvalue weighted by Gasteiger charge is -2.39. The third kappa shape index (κ3) is 5.98. The average Bonchev–Trinajstić information content (AvgIpc) is 2.65. The van der Waals surface area contributed by atoms with Gasteiger partial charge in [0, 0.05) is 25.3 Å². The highest BCUT2D eigenvalue weighted by atomic mass is 16.7. The molecule has 0 saturated carbocycles. The molecule has 1 aliphatic rings. The van der Waals surface area contributed by atoms with Crippen LogP contribution in [0.5, 0.6) is 5.75 Å². The van der Waals surface area contributed by atoms with Crippen molar-refractivity contribution in [3.05, 3.63) is 40.7 Å². The van der Waals surface area contributed by atoms with Crippen LogP contribution in [0.3, 0.4) is 0 Å². The molecule has 0 bridgehead atoms. The van der Waals surface area contributed by atoms with Gasteiger partial charge >= 0.3 is 6.09 Å². The van der Waals surface area contributed by atoms with Gasteiger partial charge in [-0.2, -0.15) is 0 Å². The summed E-state index contributed by atoms with van der Waals surface area (Å²) in [4.78, 5) is 26.3. The molecule has 0 spiro atoms. The van der Waals surface area contributed by atoms with Crippen molar-refractivity contribution in [2.45, 2.75) is 59.2 Å². The van der Waals surface area contributed by atoms with Crippen molar-refractivity contribution in [3.8, 4) is 5.75 Å². The van der Waals surface area contributed by atoms with Crippen LogP contribution in [0.4, 0.5) is 4.79 Å². The van der Waals surface area contributed by atoms with E-state index in [9.17, 15) is 9.59 Å². The van der Waals surface area contributed by atoms with Crippen molar-refractivity contribution < 1.29 is 23.7 Å². The van der Waals surface area contributed by atoms with E-state index in [2.05, 4.69) is 0 Å². The molecule has 0 radical (unpaired) electrons. The first-order valence-corrected chi connectivity index (χ1v) is 10.7. The third-order valence-corrected chi connectivity index (χ3v) is 4.80. The molecule has 1 aromatic carbocycles. The molecule has 1 aliphatic heterocycles. The van der Waals surface area contributed by atoms with E-state index in [0.29, 0.717) is 32.1 Å². The van der Waals surface area contributed by atoms with Gasteiger partial charge in [0.15, 0.2) is 6.29 Å². The number of aromatic nitrogens is 1. The van der Waals surface area contributed by atoms with Gasteiger partial charge in [-0.15, -0.1) is 0 Å². The normalized spacial score (nSPS) is 14.7. The molecule has 0 unspecified atom stereocenters. The van der Waals surface area contributed by atoms with Gasteiger partial charge in [0.1, 0.15) is 17.5 Å². The number of nitrogens with zero attached hydrogens (tertiary/aromatic N) is 2. The summed E-state index contributed by atoms with van der Waals surface area (Å²) in [6, 6.07) is 8.98. The minimum Gasteiger partial charge on any atom is -0.487 e. The number of carbonyl (C=O) groups excluding carboxylic acids is 1. The predicted octanol–water partition coefficient (Wildman–Crippen LogP) is 3.40. The van der Waals surface area contributed by atoms with Crippen molar-refractivity contribution >= 4 is 17.0 Å². The molecule has 2 aromatic rings. The zero-order chi connectivity index (χ0) is 22.6. The summed E-state index contributed by atoms with van der Waals surface area (Å²) in [7, 11) is 0. The van der Waals surface area contributed by atoms with Crippen LogP contribution in [0, 0.1) is 0 Å². The maximum Gasteiger partial charge on any atom is 0.410 e. The van der Waals surface area contributed by atoms with E-state index < -0.39 is 11.9 Å². The highest BCUT2D eigenvalue weighted by molar-refractivity contribution is 5.80. The van der Waals surface area contributed by atoms with E-state index in [1.54, 1.807) is 21.6 Å². The third-order valence-electron chi connectivity index (χ3n) is 4.80. The molecular formula is C23H32N2O6. The first kappa shape index (κ1) is 23.1. The lowest BCUT2D eigenvalue weighted by atomic mass is 10.1. The summed E-state index contributed by atoms with van der Waals surface area (Å²) in [6.07, 6.45) is -0.956. The molecule has 2 heterocycles. The van der Waals surface area contributed by atoms with E-state index in [1.807, 2.05) is 52.8 Å². The summed E-state index contributed by atoms with van der Waals surface area (Å²) in [5, 5.41) is 0.919. The van der Waals surface area contributed by atoms with Crippen LogP contribution in [0.25, 0.3) is 10.9 Å². The van der Waals surface area contributed by atoms with E-state index in [0.717, 1.165) is 10.9 Å². The minimum atomic E-state index is -0.522. The molecule has 1 aromatic heterocycles. The molecule has 3 rings (SSSR count). The molecule has 1 amide bonds. The van der Waals surface area contributed by atoms with Gasteiger partial charge < -0.3 is 28.4 Å². The molecule has 0 N–H and O–H groups in total. The standard InChI is InChI=1S/C23H32N2O6/c1-6-28-21(29-7-2)15-25-19-12-17(10-8-16(19)9-11-20(25)26)30-18-13-24(14-18)22(27)31-23(3,4)5/h8-12,18,21H,6-7,13-15H2,1-5H3. The minimum absolute atomic E-state index is 0.117. The number of pyridine rings is 1. The molecule has 31 heavy (non-hydrogen) atoms. The second-order valence-corrected chi connectivity index (χ2v) is 8.47. The predicted molar refractivity (Wildman–Crippen MR) is 117 cm³/mol. The van der Waals surface area contributed by atoms with Crippen LogP contribution in [0.1, 0.15) is 34.6 Å². The zero-order valence-corrected chi connectivity index (χ0v) is 18.9. The summed E-state index contributed by atoms with van der Waals surface area (Å²) in [6.45, 7) is 11.5. The molecule has 1 saturated heterocycles. The highest BCUT2D eigenvalue weighted by Gasteiger charge is 2.35. The fourth-order valence-corrected chi connectivity index (χ4v) is 3.38. The highest BCUT2D eigenvalue weighted by Crippen LogP contribution is 2.24. The first-order valence-electron chi connectivity index (χ1n) is 10.7. The smallest absolute Gasteiger partial charge is 0.410 e. The second kappa shape index (κ2) is 9.70. The number of ether oxygens (including phenoxy) is 4. The molecule has 1 fully saturated rings. The maximum atomic E-state index is 12.6. The molecule has 8 heteroatoms. The van der Waals surface area contributed by atoms with E-state index in [4.69, 9.17) is 18.9 Å². The van der Waals surface area contributed by atoms with Gasteiger partial charge in [-0.25, -0.2) is 4.79 Å². The number of fused-ring (bicyclic) bond motifs is 1. The van der Waals surface area contributed by atoms with Crippen LogP contribution < -0.4 is 10.3 Å². The first-order chi connectivity index (χ1) is 14.7. The number of carbonyl (C=O) groups is 1. The zero-order valence-electron chi connectivity index (χ0n) is 18.9. The Morgan fingerprint density at radius 1 is 1.10 bits per heavy atom. The summed E-state index contributed by atoms with van der Waals surface area (Å²) < 4.78 is 24.3. The van der Waals surface area contributed by atoms with Gasteiger partial charge in [0.2, 0.25) is 0 Å². The number of rotatable bonds is 8. The largest absolute Gasteiger partial charge is 0.487 e. The monoisotopic (exact) mass is 432 g/mol. The fourth-order valence-electron chi connectivity index (χ4n) is 3.38. The number of likely N-dealkylation sites (tertiary alicyclic amines) is 1. The average molecular weight is 433 g/mol. The maximum absolute atomic E-state index is 12.6. The second-order valence-electron chi connectivity index (χ2n) is 8.47. The van der Waals surface area contributed by atoms with E-state index in [1.165, 1.54) is 0 Å². The Balaban J connectivity index is 1.72. The Bertz CT molecular complexity index is 953. The van der Waals surface area contributed by atoms with Gasteiger partial charge in [-0.05, 0) is 58.2 Å². The Morgan fingerprint density at radius 2 is 1.74 bits per heavy atom. The number of amides is 1. The van der Waals surface area contributed by atoms with Gasteiger partial charge in [-0.1, -0.05) is 0 Å². The fraction of sp³-hybridized carbons (Fsp3) is 0.565. The Labute approximate surface area is 182 Å². The molecule has 170 valence electrons. The number of hydrogen-bond acceptors (Lipinski definition) is 6. The van der Waals surface area contributed by atoms with Crippen molar-refractivity contribution in [1.29, 1.82) is 0 Å². The Morgan fingerprint density at radius 3 is 2.35 bits per heavy atom. The van der Waals surface area contributed by atoms with Gasteiger partial charge in [0.05, 0.1) is 25.2 Å². The van der Waals surface area contributed by atoms with Gasteiger partial charge in [-0.3, -0.25) is 4.79 Å². The van der Waals surface area contributed by atoms with Crippen LogP contribution >= 0.6 is 0 Å². The molecule has 8 nitrogen and oxygen atoms in total. The lowest BCUT2D eigenvalue weighted by Crippen LogP contribution is -2.57. The van der Waals surface area contributed by atoms with Crippen molar-refractivity contribution in [3.63, 3.8) is 0 Å². The lowest BCUT2D eigenvalue weighted by molar-refractivity contribution is -0.143. The summed E-state index contributed by atoms with van der Waals surface area (Å²) in [5.41, 5.74) is 0.0952. The van der Waals surface area contributed by atoms with Crippen LogP contribution in [0.15, 0.2) is 35.1 Å². The quantitative estimate of drug-likeness (QED) is 0.595. The van der Waals surface area contributed by atoms with E-state index in [-0.39, 0.29) is 24.3 Å². The Hall–Kier alpha value is -2.58. The SMILES string of the molecule is CCOC(Cn1c(=O)ccc2ccc(OC3CN(C(=O)OC(C)(C)C)C3)cc21)OCC. The van der Waals surface area contributed by atoms with Gasteiger partial charge in [0.25, 0.3) is 5.56 Å². The van der Waals surface area contributed by atoms with Crippen molar-refractivity contribution in [1.82, 2.24) is 9.47 Å². The van der Waals surface area contributed by atoms with Crippen molar-refractivity contribution in [2.24, 2.45) is 0 Å². The van der Waals surface area contributed by atoms with Crippen LogP contribution in [-0.4, -0.2) is 59.9 Å². The van der Waals surface area contributed by atoms with E-state index >= 15 is 0 Å². The topological polar surface area (TPSA) is 79.2 Å². The van der Waals surface area contributed by atoms with Crippen LogP contribution in [-0.2, 0) is 20.8 Å². The molecule has 0 aliphatic carbocycles.